The van der Waals surface area contributed by atoms with Gasteiger partial charge in [0.25, 0.3) is 5.91 Å². The molecule has 9 heteroatoms. The zero-order valence-corrected chi connectivity index (χ0v) is 19.5. The molecule has 0 aromatic heterocycles. The quantitative estimate of drug-likeness (QED) is 0.375. The summed E-state index contributed by atoms with van der Waals surface area (Å²) in [5.74, 6) is -1.90. The topological polar surface area (TPSA) is 96.0 Å². The molecule has 8 nitrogen and oxygen atoms in total. The monoisotopic (exact) mass is 489 g/mol. The number of hydrogen-bond acceptors (Lipinski definition) is 5. The van der Waals surface area contributed by atoms with E-state index in [1.54, 1.807) is 49.4 Å². The molecule has 0 bridgehead atoms. The van der Waals surface area contributed by atoms with Crippen molar-refractivity contribution >= 4 is 35.2 Å². The van der Waals surface area contributed by atoms with Gasteiger partial charge in [-0.2, -0.15) is 0 Å². The summed E-state index contributed by atoms with van der Waals surface area (Å²) in [6.45, 7) is 1.99. The van der Waals surface area contributed by atoms with Gasteiger partial charge in [-0.05, 0) is 61.0 Å². The average molecular weight is 490 g/mol. The van der Waals surface area contributed by atoms with Crippen LogP contribution in [0.25, 0.3) is 0 Å². The van der Waals surface area contributed by atoms with E-state index in [4.69, 9.17) is 4.74 Å². The number of halogens is 1. The summed E-state index contributed by atoms with van der Waals surface area (Å²) in [6.07, 6.45) is -0.283. The summed E-state index contributed by atoms with van der Waals surface area (Å²) in [4.78, 5) is 53.6. The van der Waals surface area contributed by atoms with Gasteiger partial charge in [-0.3, -0.25) is 9.59 Å². The Balaban J connectivity index is 1.53. The summed E-state index contributed by atoms with van der Waals surface area (Å²) in [5.41, 5.74) is 1.78. The molecule has 0 spiro atoms. The lowest BCUT2D eigenvalue weighted by Crippen LogP contribution is -2.37. The zero-order chi connectivity index (χ0) is 25.7. The van der Waals surface area contributed by atoms with E-state index in [0.717, 1.165) is 4.90 Å². The van der Waals surface area contributed by atoms with Crippen LogP contribution in [0.1, 0.15) is 29.3 Å². The Hall–Kier alpha value is -4.53. The van der Waals surface area contributed by atoms with E-state index in [1.165, 1.54) is 41.3 Å². The van der Waals surface area contributed by atoms with Gasteiger partial charge < -0.3 is 15.0 Å². The Morgan fingerprint density at radius 3 is 2.25 bits per heavy atom. The minimum Gasteiger partial charge on any atom is -0.462 e. The molecule has 1 fully saturated rings. The number of rotatable bonds is 8. The van der Waals surface area contributed by atoms with E-state index in [2.05, 4.69) is 5.32 Å². The Morgan fingerprint density at radius 2 is 1.61 bits per heavy atom. The molecule has 1 aliphatic rings. The summed E-state index contributed by atoms with van der Waals surface area (Å²) < 4.78 is 18.3. The highest BCUT2D eigenvalue weighted by molar-refractivity contribution is 6.22. The number of imide groups is 1. The second-order valence-electron chi connectivity index (χ2n) is 8.11. The van der Waals surface area contributed by atoms with E-state index in [0.29, 0.717) is 22.5 Å². The summed E-state index contributed by atoms with van der Waals surface area (Å²) >= 11 is 0. The number of carbonyl (C=O) groups is 4. The largest absolute Gasteiger partial charge is 0.462 e. The highest BCUT2D eigenvalue weighted by atomic mass is 19.1. The van der Waals surface area contributed by atoms with Crippen LogP contribution >= 0.6 is 0 Å². The maximum absolute atomic E-state index is 13.4. The zero-order valence-electron chi connectivity index (χ0n) is 19.5. The molecule has 1 aliphatic heterocycles. The molecule has 1 unspecified atom stereocenters. The Bertz CT molecular complexity index is 1260. The number of benzene rings is 3. The van der Waals surface area contributed by atoms with Crippen molar-refractivity contribution in [1.82, 2.24) is 4.90 Å². The number of carbonyl (C=O) groups excluding carboxylic acids is 4. The van der Waals surface area contributed by atoms with Gasteiger partial charge in [0.1, 0.15) is 11.9 Å². The molecule has 0 radical (unpaired) electrons. The Labute approximate surface area is 207 Å². The highest BCUT2D eigenvalue weighted by Gasteiger charge is 2.46. The molecule has 0 aliphatic carbocycles. The van der Waals surface area contributed by atoms with Crippen LogP contribution < -0.4 is 10.2 Å². The molecule has 1 atom stereocenters. The van der Waals surface area contributed by atoms with Crippen molar-refractivity contribution in [3.05, 3.63) is 95.8 Å². The molecule has 0 saturated carbocycles. The van der Waals surface area contributed by atoms with E-state index in [1.807, 2.05) is 0 Å². The molecular formula is C27H24FN3O5. The molecule has 4 rings (SSSR count). The number of hydrogen-bond donors (Lipinski definition) is 1. The van der Waals surface area contributed by atoms with Gasteiger partial charge in [0, 0.05) is 12.2 Å². The van der Waals surface area contributed by atoms with Crippen LogP contribution in [0.4, 0.5) is 20.6 Å². The lowest BCUT2D eigenvalue weighted by atomic mass is 10.1. The molecule has 3 aromatic carbocycles. The van der Waals surface area contributed by atoms with E-state index in [-0.39, 0.29) is 19.6 Å². The van der Waals surface area contributed by atoms with Crippen molar-refractivity contribution in [1.29, 1.82) is 0 Å². The lowest BCUT2D eigenvalue weighted by Gasteiger charge is -2.21. The van der Waals surface area contributed by atoms with E-state index in [9.17, 15) is 23.6 Å². The molecule has 1 N–H and O–H groups in total. The molecule has 3 aromatic rings. The number of amides is 4. The smallest absolute Gasteiger partial charge is 0.338 e. The number of para-hydroxylation sites is 1. The van der Waals surface area contributed by atoms with Gasteiger partial charge in [-0.1, -0.05) is 30.3 Å². The van der Waals surface area contributed by atoms with Gasteiger partial charge in [-0.15, -0.1) is 0 Å². The third-order valence-electron chi connectivity index (χ3n) is 5.66. The molecule has 36 heavy (non-hydrogen) atoms. The first-order chi connectivity index (χ1) is 17.4. The summed E-state index contributed by atoms with van der Waals surface area (Å²) in [5, 5.41) is 2.70. The number of nitrogens with zero attached hydrogens (tertiary/aromatic N) is 2. The SMILES string of the molecule is CCOC(=O)c1ccc(NC(=O)CC2C(=O)N(c3ccccc3)C(=O)N2Cc2ccc(F)cc2)cc1. The third-order valence-corrected chi connectivity index (χ3v) is 5.66. The van der Waals surface area contributed by atoms with Crippen LogP contribution in [0.5, 0.6) is 0 Å². The van der Waals surface area contributed by atoms with Crippen LogP contribution in [0, 0.1) is 5.82 Å². The third kappa shape index (κ3) is 5.41. The van der Waals surface area contributed by atoms with Gasteiger partial charge in [0.15, 0.2) is 0 Å². The second kappa shape index (κ2) is 10.8. The van der Waals surface area contributed by atoms with Crippen LogP contribution in [-0.4, -0.2) is 41.4 Å². The fraction of sp³-hybridized carbons (Fsp3) is 0.185. The standard InChI is InChI=1S/C27H24FN3O5/c1-2-36-26(34)19-10-14-21(15-11-19)29-24(32)16-23-25(33)31(22-6-4-3-5-7-22)27(35)30(23)17-18-8-12-20(28)13-9-18/h3-15,23H,2,16-17H2,1H3,(H,29,32). The molecule has 1 heterocycles. The van der Waals surface area contributed by atoms with Crippen molar-refractivity contribution in [2.24, 2.45) is 0 Å². The van der Waals surface area contributed by atoms with E-state index >= 15 is 0 Å². The maximum atomic E-state index is 13.4. The van der Waals surface area contributed by atoms with Crippen LogP contribution in [0.2, 0.25) is 0 Å². The fourth-order valence-corrected chi connectivity index (χ4v) is 3.91. The Morgan fingerprint density at radius 1 is 0.944 bits per heavy atom. The number of esters is 1. The lowest BCUT2D eigenvalue weighted by molar-refractivity contribution is -0.124. The average Bonchev–Trinajstić information content (AvgIpc) is 3.10. The van der Waals surface area contributed by atoms with Crippen LogP contribution in [-0.2, 0) is 20.9 Å². The van der Waals surface area contributed by atoms with Crippen molar-refractivity contribution < 1.29 is 28.3 Å². The maximum Gasteiger partial charge on any atom is 0.338 e. The highest BCUT2D eigenvalue weighted by Crippen LogP contribution is 2.28. The number of anilines is 2. The number of urea groups is 1. The van der Waals surface area contributed by atoms with Gasteiger partial charge in [-0.25, -0.2) is 18.9 Å². The summed E-state index contributed by atoms with van der Waals surface area (Å²) in [6, 6.07) is 18.6. The number of nitrogens with one attached hydrogen (secondary N) is 1. The Kier molecular flexibility index (Phi) is 7.39. The minimum atomic E-state index is -1.05. The fourth-order valence-electron chi connectivity index (χ4n) is 3.91. The van der Waals surface area contributed by atoms with E-state index < -0.39 is 35.7 Å². The van der Waals surface area contributed by atoms with Crippen LogP contribution in [0.15, 0.2) is 78.9 Å². The first-order valence-electron chi connectivity index (χ1n) is 11.4. The van der Waals surface area contributed by atoms with Gasteiger partial charge >= 0.3 is 12.0 Å². The van der Waals surface area contributed by atoms with Crippen molar-refractivity contribution in [3.63, 3.8) is 0 Å². The van der Waals surface area contributed by atoms with Gasteiger partial charge in [0.05, 0.1) is 24.3 Å². The predicted molar refractivity (Wildman–Crippen MR) is 131 cm³/mol. The van der Waals surface area contributed by atoms with Crippen molar-refractivity contribution in [2.75, 3.05) is 16.8 Å². The minimum absolute atomic E-state index is 0.0281. The molecule has 4 amide bonds. The van der Waals surface area contributed by atoms with Crippen molar-refractivity contribution in [3.8, 4) is 0 Å². The summed E-state index contributed by atoms with van der Waals surface area (Å²) in [7, 11) is 0. The van der Waals surface area contributed by atoms with Gasteiger partial charge in [0.2, 0.25) is 5.91 Å². The van der Waals surface area contributed by atoms with Crippen molar-refractivity contribution in [2.45, 2.75) is 25.9 Å². The molecule has 1 saturated heterocycles. The predicted octanol–water partition coefficient (Wildman–Crippen LogP) is 4.37. The number of ether oxygens (including phenoxy) is 1. The molecular weight excluding hydrogens is 465 g/mol. The normalized spacial score (nSPS) is 15.2. The first-order valence-corrected chi connectivity index (χ1v) is 11.4. The van der Waals surface area contributed by atoms with Crippen LogP contribution in [0.3, 0.4) is 0 Å². The second-order valence-corrected chi connectivity index (χ2v) is 8.11. The first kappa shape index (κ1) is 24.6. The molecule has 184 valence electrons.